The van der Waals surface area contributed by atoms with Crippen molar-refractivity contribution >= 4 is 5.69 Å². The van der Waals surface area contributed by atoms with Crippen LogP contribution in [0.4, 0.5) is 10.1 Å². The van der Waals surface area contributed by atoms with Crippen molar-refractivity contribution in [2.75, 3.05) is 27.3 Å². The van der Waals surface area contributed by atoms with Crippen LogP contribution in [0.5, 0.6) is 11.5 Å². The molecule has 0 aromatic heterocycles. The molecule has 0 radical (unpaired) electrons. The highest BCUT2D eigenvalue weighted by Gasteiger charge is 2.12. The number of aliphatic hydroxyl groups excluding tert-OH is 1. The van der Waals surface area contributed by atoms with E-state index in [1.165, 1.54) is 31.4 Å². The van der Waals surface area contributed by atoms with Crippen molar-refractivity contribution in [3.63, 3.8) is 0 Å². The summed E-state index contributed by atoms with van der Waals surface area (Å²) in [7, 11) is 3.20. The summed E-state index contributed by atoms with van der Waals surface area (Å²) in [6, 6.07) is 10.5. The Morgan fingerprint density at radius 3 is 2.73 bits per heavy atom. The van der Waals surface area contributed by atoms with Crippen LogP contribution in [0.15, 0.2) is 42.5 Å². The first-order valence-corrected chi connectivity index (χ1v) is 7.95. The Labute approximate surface area is 150 Å². The second kappa shape index (κ2) is 9.12. The molecule has 0 fully saturated rings. The van der Waals surface area contributed by atoms with Gasteiger partial charge in [-0.15, -0.1) is 0 Å². The van der Waals surface area contributed by atoms with E-state index < -0.39 is 16.8 Å². The Bertz CT molecular complexity index is 756. The predicted octanol–water partition coefficient (Wildman–Crippen LogP) is 2.61. The fourth-order valence-corrected chi connectivity index (χ4v) is 2.48. The van der Waals surface area contributed by atoms with E-state index in [1.54, 1.807) is 25.2 Å². The molecule has 0 aliphatic carbocycles. The van der Waals surface area contributed by atoms with Crippen molar-refractivity contribution in [1.82, 2.24) is 4.90 Å². The maximum atomic E-state index is 13.7. The zero-order valence-corrected chi connectivity index (χ0v) is 14.6. The molecule has 1 atom stereocenters. The molecule has 2 rings (SSSR count). The van der Waals surface area contributed by atoms with Crippen molar-refractivity contribution in [2.45, 2.75) is 12.6 Å². The van der Waals surface area contributed by atoms with Crippen LogP contribution in [-0.4, -0.2) is 48.3 Å². The molecule has 2 aromatic rings. The maximum Gasteiger partial charge on any atom is 0.273 e. The minimum atomic E-state index is -0.803. The Hall–Kier alpha value is -2.71. The highest BCUT2D eigenvalue weighted by atomic mass is 19.1. The molecular weight excluding hydrogens is 343 g/mol. The van der Waals surface area contributed by atoms with Gasteiger partial charge < -0.3 is 14.6 Å². The van der Waals surface area contributed by atoms with Crippen molar-refractivity contribution in [2.24, 2.45) is 0 Å². The van der Waals surface area contributed by atoms with Gasteiger partial charge in [-0.2, -0.15) is 0 Å². The number of nitro groups is 1. The summed E-state index contributed by atoms with van der Waals surface area (Å²) < 4.78 is 24.0. The van der Waals surface area contributed by atoms with Crippen molar-refractivity contribution in [3.05, 3.63) is 64.0 Å². The third-order valence-corrected chi connectivity index (χ3v) is 3.66. The van der Waals surface area contributed by atoms with Crippen molar-refractivity contribution < 1.29 is 23.9 Å². The fraction of sp³-hybridized carbons (Fsp3) is 0.333. The van der Waals surface area contributed by atoms with Gasteiger partial charge in [0.25, 0.3) is 5.69 Å². The van der Waals surface area contributed by atoms with Gasteiger partial charge in [0.05, 0.1) is 18.1 Å². The van der Waals surface area contributed by atoms with Gasteiger partial charge in [0.2, 0.25) is 0 Å². The van der Waals surface area contributed by atoms with Crippen LogP contribution in [0.25, 0.3) is 0 Å². The molecule has 0 aliphatic rings. The lowest BCUT2D eigenvalue weighted by Gasteiger charge is -2.21. The Morgan fingerprint density at radius 1 is 1.31 bits per heavy atom. The van der Waals surface area contributed by atoms with Gasteiger partial charge >= 0.3 is 0 Å². The summed E-state index contributed by atoms with van der Waals surface area (Å²) >= 11 is 0. The maximum absolute atomic E-state index is 13.7. The van der Waals surface area contributed by atoms with E-state index in [4.69, 9.17) is 9.47 Å². The number of benzene rings is 2. The van der Waals surface area contributed by atoms with Crippen LogP contribution in [0, 0.1) is 15.9 Å². The lowest BCUT2D eigenvalue weighted by molar-refractivity contribution is -0.384. The van der Waals surface area contributed by atoms with Gasteiger partial charge in [0, 0.05) is 19.2 Å². The molecule has 0 aliphatic heterocycles. The van der Waals surface area contributed by atoms with Gasteiger partial charge in [-0.25, -0.2) is 4.39 Å². The van der Waals surface area contributed by atoms with Gasteiger partial charge in [0.1, 0.15) is 18.5 Å². The molecule has 0 saturated heterocycles. The number of halogens is 1. The standard InChI is InChI=1S/C18H21FN2O5/c1-20(10-13-6-7-18(25-2)17(19)8-13)11-15(22)12-26-16-5-3-4-14(9-16)21(23)24/h3-9,15,22H,10-12H2,1-2H3. The number of non-ortho nitro benzene ring substituents is 1. The summed E-state index contributed by atoms with van der Waals surface area (Å²) in [5, 5.41) is 20.8. The smallest absolute Gasteiger partial charge is 0.273 e. The summed E-state index contributed by atoms with van der Waals surface area (Å²) in [5.41, 5.74) is 0.674. The number of ether oxygens (including phenoxy) is 2. The molecule has 0 bridgehead atoms. The lowest BCUT2D eigenvalue weighted by Crippen LogP contribution is -2.32. The minimum Gasteiger partial charge on any atom is -0.494 e. The molecule has 7 nitrogen and oxygen atoms in total. The van der Waals surface area contributed by atoms with E-state index in [0.717, 1.165) is 5.56 Å². The molecule has 0 heterocycles. The number of hydrogen-bond donors (Lipinski definition) is 1. The van der Waals surface area contributed by atoms with Gasteiger partial charge in [-0.3, -0.25) is 15.0 Å². The summed E-state index contributed by atoms with van der Waals surface area (Å²) in [6.45, 7) is 0.722. The average molecular weight is 364 g/mol. The number of rotatable bonds is 9. The zero-order valence-electron chi connectivity index (χ0n) is 14.6. The second-order valence-corrected chi connectivity index (χ2v) is 5.88. The molecule has 8 heteroatoms. The third-order valence-electron chi connectivity index (χ3n) is 3.66. The Morgan fingerprint density at radius 2 is 2.08 bits per heavy atom. The molecule has 1 unspecified atom stereocenters. The van der Waals surface area contributed by atoms with Gasteiger partial charge in [0.15, 0.2) is 11.6 Å². The van der Waals surface area contributed by atoms with Crippen LogP contribution in [0.2, 0.25) is 0 Å². The number of nitrogens with zero attached hydrogens (tertiary/aromatic N) is 2. The molecule has 0 amide bonds. The SMILES string of the molecule is COc1ccc(CN(C)CC(O)COc2cccc([N+](=O)[O-])c2)cc1F. The minimum absolute atomic E-state index is 0.0114. The van der Waals surface area contributed by atoms with E-state index in [0.29, 0.717) is 18.8 Å². The van der Waals surface area contributed by atoms with E-state index >= 15 is 0 Å². The molecule has 1 N–H and O–H groups in total. The quantitative estimate of drug-likeness (QED) is 0.544. The van der Waals surface area contributed by atoms with Gasteiger partial charge in [-0.1, -0.05) is 12.1 Å². The Balaban J connectivity index is 1.83. The van der Waals surface area contributed by atoms with Crippen LogP contribution in [0.3, 0.4) is 0 Å². The lowest BCUT2D eigenvalue weighted by atomic mass is 10.2. The van der Waals surface area contributed by atoms with Crippen LogP contribution >= 0.6 is 0 Å². The number of likely N-dealkylation sites (N-methyl/N-ethyl adjacent to an activating group) is 1. The van der Waals surface area contributed by atoms with Gasteiger partial charge in [-0.05, 0) is 30.8 Å². The number of aliphatic hydroxyl groups is 1. The third kappa shape index (κ3) is 5.68. The first-order chi connectivity index (χ1) is 12.4. The average Bonchev–Trinajstić information content (AvgIpc) is 2.60. The van der Waals surface area contributed by atoms with Crippen LogP contribution in [0.1, 0.15) is 5.56 Å². The molecule has 0 spiro atoms. The summed E-state index contributed by atoms with van der Waals surface area (Å²) in [6.07, 6.45) is -0.803. The van der Waals surface area contributed by atoms with Crippen LogP contribution in [-0.2, 0) is 6.54 Å². The van der Waals surface area contributed by atoms with Crippen molar-refractivity contribution in [3.8, 4) is 11.5 Å². The molecule has 140 valence electrons. The van der Waals surface area contributed by atoms with E-state index in [9.17, 15) is 19.6 Å². The number of methoxy groups -OCH3 is 1. The van der Waals surface area contributed by atoms with Crippen molar-refractivity contribution in [1.29, 1.82) is 0 Å². The number of hydrogen-bond acceptors (Lipinski definition) is 6. The molecule has 26 heavy (non-hydrogen) atoms. The first-order valence-electron chi connectivity index (χ1n) is 7.95. The molecule has 0 saturated carbocycles. The summed E-state index contributed by atoms with van der Waals surface area (Å²) in [4.78, 5) is 12.0. The molecule has 2 aromatic carbocycles. The topological polar surface area (TPSA) is 85.1 Å². The molecular formula is C18H21FN2O5. The number of nitro benzene ring substituents is 1. The fourth-order valence-electron chi connectivity index (χ4n) is 2.48. The van der Waals surface area contributed by atoms with E-state index in [1.807, 2.05) is 4.90 Å². The normalized spacial score (nSPS) is 12.0. The predicted molar refractivity (Wildman–Crippen MR) is 93.9 cm³/mol. The zero-order chi connectivity index (χ0) is 19.1. The summed E-state index contributed by atoms with van der Waals surface area (Å²) in [5.74, 6) is 0.0628. The Kier molecular flexibility index (Phi) is 6.88. The highest BCUT2D eigenvalue weighted by molar-refractivity contribution is 5.37. The van der Waals surface area contributed by atoms with E-state index in [-0.39, 0.29) is 18.0 Å². The highest BCUT2D eigenvalue weighted by Crippen LogP contribution is 2.20. The first kappa shape index (κ1) is 19.6. The monoisotopic (exact) mass is 364 g/mol. The largest absolute Gasteiger partial charge is 0.494 e. The van der Waals surface area contributed by atoms with Crippen LogP contribution < -0.4 is 9.47 Å². The van der Waals surface area contributed by atoms with E-state index in [2.05, 4.69) is 0 Å². The second-order valence-electron chi connectivity index (χ2n) is 5.88.